The minimum Gasteiger partial charge on any atom is -0.378 e. The van der Waals surface area contributed by atoms with E-state index in [1.165, 1.54) is 6.42 Å². The number of hydrogen-bond acceptors (Lipinski definition) is 5. The quantitative estimate of drug-likeness (QED) is 0.853. The molecule has 2 aromatic rings. The van der Waals surface area contributed by atoms with Gasteiger partial charge in [0.1, 0.15) is 5.82 Å². The van der Waals surface area contributed by atoms with Crippen molar-refractivity contribution in [3.63, 3.8) is 0 Å². The van der Waals surface area contributed by atoms with E-state index in [1.54, 1.807) is 30.7 Å². The SMILES string of the molecule is O=C(NCCC1CCCCO1)c1cccc(Nc2cnccn2)c1. The molecular weight excluding hydrogens is 304 g/mol. The zero-order valence-electron chi connectivity index (χ0n) is 13.6. The molecule has 3 rings (SSSR count). The van der Waals surface area contributed by atoms with Crippen molar-refractivity contribution < 1.29 is 9.53 Å². The third-order valence-corrected chi connectivity index (χ3v) is 3.99. The maximum atomic E-state index is 12.3. The van der Waals surface area contributed by atoms with Gasteiger partial charge in [0.05, 0.1) is 12.3 Å². The number of nitrogens with zero attached hydrogens (tertiary/aromatic N) is 2. The molecule has 126 valence electrons. The molecular formula is C18H22N4O2. The third-order valence-electron chi connectivity index (χ3n) is 3.99. The molecule has 1 aliphatic rings. The number of hydrogen-bond donors (Lipinski definition) is 2. The van der Waals surface area contributed by atoms with Gasteiger partial charge in [-0.2, -0.15) is 0 Å². The summed E-state index contributed by atoms with van der Waals surface area (Å²) in [6.07, 6.45) is 9.47. The number of carbonyl (C=O) groups is 1. The fourth-order valence-electron chi connectivity index (χ4n) is 2.73. The molecule has 1 aliphatic heterocycles. The van der Waals surface area contributed by atoms with E-state index in [9.17, 15) is 4.79 Å². The summed E-state index contributed by atoms with van der Waals surface area (Å²) in [5, 5.41) is 6.10. The van der Waals surface area contributed by atoms with Gasteiger partial charge in [-0.25, -0.2) is 4.98 Å². The number of ether oxygens (including phenoxy) is 1. The molecule has 0 bridgehead atoms. The first-order chi connectivity index (χ1) is 11.8. The van der Waals surface area contributed by atoms with Gasteiger partial charge >= 0.3 is 0 Å². The number of benzene rings is 1. The maximum Gasteiger partial charge on any atom is 0.251 e. The second kappa shape index (κ2) is 8.40. The summed E-state index contributed by atoms with van der Waals surface area (Å²) in [4.78, 5) is 20.5. The van der Waals surface area contributed by atoms with E-state index in [0.717, 1.165) is 31.6 Å². The first-order valence-electron chi connectivity index (χ1n) is 8.34. The highest BCUT2D eigenvalue weighted by Gasteiger charge is 2.14. The Morgan fingerprint density at radius 1 is 1.29 bits per heavy atom. The van der Waals surface area contributed by atoms with Crippen LogP contribution in [-0.4, -0.2) is 35.1 Å². The average Bonchev–Trinajstić information content (AvgIpc) is 2.64. The highest BCUT2D eigenvalue weighted by molar-refractivity contribution is 5.95. The zero-order valence-corrected chi connectivity index (χ0v) is 13.6. The summed E-state index contributed by atoms with van der Waals surface area (Å²) in [6, 6.07) is 7.34. The Kier molecular flexibility index (Phi) is 5.74. The molecule has 6 nitrogen and oxygen atoms in total. The van der Waals surface area contributed by atoms with Crippen molar-refractivity contribution in [3.05, 3.63) is 48.4 Å². The van der Waals surface area contributed by atoms with Gasteiger partial charge in [0.15, 0.2) is 0 Å². The van der Waals surface area contributed by atoms with Gasteiger partial charge in [0.25, 0.3) is 5.91 Å². The molecule has 1 aromatic carbocycles. The minimum atomic E-state index is -0.0754. The number of anilines is 2. The lowest BCUT2D eigenvalue weighted by atomic mass is 10.1. The molecule has 2 N–H and O–H groups in total. The summed E-state index contributed by atoms with van der Waals surface area (Å²) in [5.41, 5.74) is 1.42. The Morgan fingerprint density at radius 3 is 3.04 bits per heavy atom. The lowest BCUT2D eigenvalue weighted by Gasteiger charge is -2.22. The number of rotatable bonds is 6. The topological polar surface area (TPSA) is 76.1 Å². The van der Waals surface area contributed by atoms with E-state index >= 15 is 0 Å². The van der Waals surface area contributed by atoms with Crippen LogP contribution in [-0.2, 0) is 4.74 Å². The molecule has 1 unspecified atom stereocenters. The van der Waals surface area contributed by atoms with Crippen molar-refractivity contribution in [2.75, 3.05) is 18.5 Å². The first-order valence-corrected chi connectivity index (χ1v) is 8.34. The number of carbonyl (C=O) groups excluding carboxylic acids is 1. The number of amides is 1. The molecule has 0 saturated carbocycles. The summed E-state index contributed by atoms with van der Waals surface area (Å²) in [6.45, 7) is 1.47. The number of nitrogens with one attached hydrogen (secondary N) is 2. The molecule has 1 saturated heterocycles. The standard InChI is InChI=1S/C18H22N4O2/c23-18(21-8-7-16-6-1-2-11-24-16)14-4-3-5-15(12-14)22-17-13-19-9-10-20-17/h3-5,9-10,12-13,16H,1-2,6-8,11H2,(H,20,22)(H,21,23). The van der Waals surface area contributed by atoms with Crippen molar-refractivity contribution in [1.82, 2.24) is 15.3 Å². The molecule has 1 fully saturated rings. The molecule has 2 heterocycles. The summed E-state index contributed by atoms with van der Waals surface area (Å²) in [7, 11) is 0. The van der Waals surface area contributed by atoms with Gasteiger partial charge in [-0.15, -0.1) is 0 Å². The molecule has 0 spiro atoms. The fourth-order valence-corrected chi connectivity index (χ4v) is 2.73. The lowest BCUT2D eigenvalue weighted by Crippen LogP contribution is -2.29. The van der Waals surface area contributed by atoms with Crippen LogP contribution < -0.4 is 10.6 Å². The Bertz CT molecular complexity index is 657. The second-order valence-corrected chi connectivity index (χ2v) is 5.83. The summed E-state index contributed by atoms with van der Waals surface area (Å²) >= 11 is 0. The van der Waals surface area contributed by atoms with Crippen LogP contribution >= 0.6 is 0 Å². The Morgan fingerprint density at radius 2 is 2.25 bits per heavy atom. The van der Waals surface area contributed by atoms with Crippen molar-refractivity contribution in [1.29, 1.82) is 0 Å². The van der Waals surface area contributed by atoms with Gasteiger partial charge in [-0.3, -0.25) is 9.78 Å². The van der Waals surface area contributed by atoms with Crippen LogP contribution in [0.3, 0.4) is 0 Å². The average molecular weight is 326 g/mol. The van der Waals surface area contributed by atoms with Crippen molar-refractivity contribution in [2.45, 2.75) is 31.8 Å². The highest BCUT2D eigenvalue weighted by atomic mass is 16.5. The monoisotopic (exact) mass is 326 g/mol. The second-order valence-electron chi connectivity index (χ2n) is 5.83. The fraction of sp³-hybridized carbons (Fsp3) is 0.389. The molecule has 0 aliphatic carbocycles. The van der Waals surface area contributed by atoms with Gasteiger partial charge in [0.2, 0.25) is 0 Å². The van der Waals surface area contributed by atoms with Crippen LogP contribution in [0.2, 0.25) is 0 Å². The largest absolute Gasteiger partial charge is 0.378 e. The van der Waals surface area contributed by atoms with E-state index in [2.05, 4.69) is 20.6 Å². The van der Waals surface area contributed by atoms with E-state index < -0.39 is 0 Å². The van der Waals surface area contributed by atoms with E-state index in [4.69, 9.17) is 4.74 Å². The molecule has 24 heavy (non-hydrogen) atoms. The molecule has 1 aromatic heterocycles. The van der Waals surface area contributed by atoms with Crippen LogP contribution in [0.1, 0.15) is 36.0 Å². The van der Waals surface area contributed by atoms with E-state index in [1.807, 2.05) is 12.1 Å². The van der Waals surface area contributed by atoms with Crippen LogP contribution in [0.15, 0.2) is 42.9 Å². The maximum absolute atomic E-state index is 12.3. The lowest BCUT2D eigenvalue weighted by molar-refractivity contribution is 0.0117. The van der Waals surface area contributed by atoms with Crippen LogP contribution in [0.4, 0.5) is 11.5 Å². The molecule has 1 amide bonds. The summed E-state index contributed by atoms with van der Waals surface area (Å²) < 4.78 is 5.68. The Hall–Kier alpha value is -2.47. The molecule has 1 atom stereocenters. The predicted molar refractivity (Wildman–Crippen MR) is 92.3 cm³/mol. The van der Waals surface area contributed by atoms with E-state index in [0.29, 0.717) is 17.9 Å². The smallest absolute Gasteiger partial charge is 0.251 e. The predicted octanol–water partition coefficient (Wildman–Crippen LogP) is 2.91. The van der Waals surface area contributed by atoms with Crippen molar-refractivity contribution in [3.8, 4) is 0 Å². The van der Waals surface area contributed by atoms with Crippen molar-refractivity contribution >= 4 is 17.4 Å². The minimum absolute atomic E-state index is 0.0754. The van der Waals surface area contributed by atoms with E-state index in [-0.39, 0.29) is 12.0 Å². The first kappa shape index (κ1) is 16.4. The third kappa shape index (κ3) is 4.76. The van der Waals surface area contributed by atoms with Gasteiger partial charge in [0, 0.05) is 36.8 Å². The molecule has 0 radical (unpaired) electrons. The summed E-state index contributed by atoms with van der Waals surface area (Å²) in [5.74, 6) is 0.568. The number of aromatic nitrogens is 2. The van der Waals surface area contributed by atoms with Gasteiger partial charge in [-0.05, 0) is 43.9 Å². The molecule has 6 heteroatoms. The Balaban J connectivity index is 1.52. The Labute approximate surface area is 141 Å². The zero-order chi connectivity index (χ0) is 16.6. The van der Waals surface area contributed by atoms with Crippen LogP contribution in [0.5, 0.6) is 0 Å². The van der Waals surface area contributed by atoms with Crippen molar-refractivity contribution in [2.24, 2.45) is 0 Å². The van der Waals surface area contributed by atoms with Gasteiger partial charge in [-0.1, -0.05) is 6.07 Å². The van der Waals surface area contributed by atoms with Gasteiger partial charge < -0.3 is 15.4 Å². The van der Waals surface area contributed by atoms with Crippen LogP contribution in [0, 0.1) is 0 Å². The highest BCUT2D eigenvalue weighted by Crippen LogP contribution is 2.16. The normalized spacial score (nSPS) is 17.2. The van der Waals surface area contributed by atoms with Crippen LogP contribution in [0.25, 0.3) is 0 Å².